The normalized spacial score (nSPS) is 23.1. The molecule has 0 unspecified atom stereocenters. The Balaban J connectivity index is 1.39. The Kier molecular flexibility index (Phi) is 14.5. The van der Waals surface area contributed by atoms with Crippen molar-refractivity contribution in [3.8, 4) is 5.75 Å². The number of H-pyrrole nitrogens is 1. The summed E-state index contributed by atoms with van der Waals surface area (Å²) in [5.41, 5.74) is 13.8. The number of carbonyl (C=O) groups is 6. The summed E-state index contributed by atoms with van der Waals surface area (Å²) < 4.78 is 0. The van der Waals surface area contributed by atoms with Crippen LogP contribution >= 0.6 is 0 Å². The number of nitrogens with one attached hydrogen (secondary N) is 6. The molecule has 6 amide bonds. The van der Waals surface area contributed by atoms with E-state index in [0.717, 1.165) is 10.9 Å². The molecule has 1 aromatic heterocycles. The van der Waals surface area contributed by atoms with E-state index in [9.17, 15) is 39.0 Å². The quantitative estimate of drug-likeness (QED) is 0.0519. The van der Waals surface area contributed by atoms with Gasteiger partial charge in [0.2, 0.25) is 35.4 Å². The summed E-state index contributed by atoms with van der Waals surface area (Å²) in [5, 5.41) is 34.8. The first-order chi connectivity index (χ1) is 29.4. The van der Waals surface area contributed by atoms with E-state index in [1.54, 1.807) is 48.7 Å². The van der Waals surface area contributed by atoms with E-state index in [4.69, 9.17) is 11.5 Å². The molecule has 2 saturated heterocycles. The van der Waals surface area contributed by atoms with Crippen LogP contribution < -0.4 is 38.1 Å². The second-order valence-electron chi connectivity index (χ2n) is 15.3. The molecule has 12 N–H and O–H groups in total. The van der Waals surface area contributed by atoms with Crippen LogP contribution in [0.5, 0.6) is 5.75 Å². The number of carbonyl (C=O) groups excluding carboxylic acids is 6. The number of phenolic OH excluding ortho intramolecular Hbond substituents is 1. The first-order valence-corrected chi connectivity index (χ1v) is 20.3. The van der Waals surface area contributed by atoms with Gasteiger partial charge in [0.1, 0.15) is 42.0 Å². The zero-order valence-electron chi connectivity index (χ0n) is 33.5. The lowest BCUT2D eigenvalue weighted by atomic mass is 10.0. The molecule has 322 valence electrons. The van der Waals surface area contributed by atoms with Crippen molar-refractivity contribution in [2.75, 3.05) is 19.7 Å². The molecule has 4 aromatic rings. The third-order valence-electron chi connectivity index (χ3n) is 10.9. The van der Waals surface area contributed by atoms with Crippen molar-refractivity contribution in [2.24, 2.45) is 16.5 Å². The fourth-order valence-corrected chi connectivity index (χ4v) is 7.68. The summed E-state index contributed by atoms with van der Waals surface area (Å²) in [6, 6.07) is 14.7. The van der Waals surface area contributed by atoms with Gasteiger partial charge in [-0.05, 0) is 60.6 Å². The topological polar surface area (TPSA) is 286 Å². The van der Waals surface area contributed by atoms with Crippen LogP contribution in [0.15, 0.2) is 90.1 Å². The van der Waals surface area contributed by atoms with E-state index in [2.05, 4.69) is 36.6 Å². The summed E-state index contributed by atoms with van der Waals surface area (Å²) >= 11 is 0. The number of benzene rings is 3. The number of hydrogen-bond acceptors (Lipinski definition) is 9. The van der Waals surface area contributed by atoms with E-state index in [0.29, 0.717) is 23.1 Å². The number of aliphatic hydroxyl groups excluding tert-OH is 1. The highest BCUT2D eigenvalue weighted by Crippen LogP contribution is 2.22. The predicted molar refractivity (Wildman–Crippen MR) is 225 cm³/mol. The molecule has 2 aliphatic heterocycles. The third-order valence-corrected chi connectivity index (χ3v) is 10.9. The molecule has 61 heavy (non-hydrogen) atoms. The van der Waals surface area contributed by atoms with Gasteiger partial charge < -0.3 is 58.1 Å². The predicted octanol–water partition coefficient (Wildman–Crippen LogP) is -0.624. The first-order valence-electron chi connectivity index (χ1n) is 20.3. The maximum Gasteiger partial charge on any atom is 0.246 e. The van der Waals surface area contributed by atoms with Crippen LogP contribution in [-0.4, -0.2) is 117 Å². The number of rotatable bonds is 11. The molecule has 6 atom stereocenters. The number of phenols is 1. The van der Waals surface area contributed by atoms with E-state index in [1.807, 2.05) is 24.3 Å². The number of nitrogens with zero attached hydrogens (tertiary/aromatic N) is 2. The monoisotopic (exact) mass is 836 g/mol. The van der Waals surface area contributed by atoms with Gasteiger partial charge in [-0.25, -0.2) is 0 Å². The van der Waals surface area contributed by atoms with Crippen molar-refractivity contribution in [1.29, 1.82) is 0 Å². The van der Waals surface area contributed by atoms with E-state index < -0.39 is 78.3 Å². The van der Waals surface area contributed by atoms with Crippen LogP contribution in [0.25, 0.3) is 10.9 Å². The number of hydrogen-bond donors (Lipinski definition) is 10. The molecule has 18 heteroatoms. The Hall–Kier alpha value is -6.95. The molecular weight excluding hydrogens is 785 g/mol. The molecule has 2 aliphatic rings. The molecule has 6 rings (SSSR count). The Labute approximate surface area is 351 Å². The largest absolute Gasteiger partial charge is 0.508 e. The summed E-state index contributed by atoms with van der Waals surface area (Å²) in [5.74, 6) is -4.52. The Morgan fingerprint density at radius 3 is 1.97 bits per heavy atom. The third kappa shape index (κ3) is 11.4. The van der Waals surface area contributed by atoms with E-state index in [1.165, 1.54) is 17.0 Å². The lowest BCUT2D eigenvalue weighted by Gasteiger charge is -2.31. The number of aliphatic hydroxyl groups is 1. The number of nitrogens with two attached hydrogens (primary N) is 2. The lowest BCUT2D eigenvalue weighted by Crippen LogP contribution is -2.62. The van der Waals surface area contributed by atoms with Crippen LogP contribution in [-0.2, 0) is 48.0 Å². The van der Waals surface area contributed by atoms with E-state index in [-0.39, 0.29) is 63.3 Å². The van der Waals surface area contributed by atoms with Crippen LogP contribution in [0.1, 0.15) is 42.4 Å². The van der Waals surface area contributed by atoms with Crippen molar-refractivity contribution < 1.29 is 39.0 Å². The number of guanidine groups is 1. The molecule has 3 heterocycles. The molecular formula is C43H52N10O8. The number of aromatic nitrogens is 1. The average molecular weight is 837 g/mol. The number of fused-ring (bicyclic) bond motifs is 2. The van der Waals surface area contributed by atoms with Crippen molar-refractivity contribution in [2.45, 2.75) is 81.2 Å². The van der Waals surface area contributed by atoms with Gasteiger partial charge in [0.15, 0.2) is 5.96 Å². The van der Waals surface area contributed by atoms with Crippen molar-refractivity contribution >= 4 is 52.3 Å². The zero-order valence-corrected chi connectivity index (χ0v) is 33.5. The summed E-state index contributed by atoms with van der Waals surface area (Å²) in [6.07, 6.45) is 2.55. The second kappa shape index (κ2) is 20.3. The molecule has 18 nitrogen and oxygen atoms in total. The lowest BCUT2D eigenvalue weighted by molar-refractivity contribution is -0.143. The molecule has 0 saturated carbocycles. The number of para-hydroxylation sites is 1. The smallest absolute Gasteiger partial charge is 0.246 e. The van der Waals surface area contributed by atoms with Gasteiger partial charge >= 0.3 is 0 Å². The Bertz CT molecular complexity index is 2230. The van der Waals surface area contributed by atoms with Gasteiger partial charge in [0.05, 0.1) is 6.61 Å². The Morgan fingerprint density at radius 1 is 0.672 bits per heavy atom. The molecule has 3 aromatic carbocycles. The minimum Gasteiger partial charge on any atom is -0.508 e. The maximum absolute atomic E-state index is 14.6. The van der Waals surface area contributed by atoms with Gasteiger partial charge in [0, 0.05) is 49.5 Å². The summed E-state index contributed by atoms with van der Waals surface area (Å²) in [6.45, 7) is -0.565. The molecule has 0 bridgehead atoms. The summed E-state index contributed by atoms with van der Waals surface area (Å²) in [4.78, 5) is 94.0. The SMILES string of the molecule is NC(N)=NCCC[C@@H]1NC(=O)[C@H](Cc2c[nH]c3ccccc23)NC(=O)[C@H](CO)NC(=O)[C@H](Cc2ccccc2)NC(=O)[C@H]2CCCN2C(=O)[C@H](Cc2ccc(O)cc2)NC1=O. The first kappa shape index (κ1) is 43.6. The van der Waals surface area contributed by atoms with Crippen molar-refractivity contribution in [3.63, 3.8) is 0 Å². The van der Waals surface area contributed by atoms with Crippen molar-refractivity contribution in [3.05, 3.63) is 102 Å². The van der Waals surface area contributed by atoms with Crippen LogP contribution in [0, 0.1) is 0 Å². The van der Waals surface area contributed by atoms with Crippen LogP contribution in [0.2, 0.25) is 0 Å². The molecule has 0 spiro atoms. The fraction of sp³-hybridized carbons (Fsp3) is 0.372. The number of aromatic hydroxyl groups is 1. The standard InChI is InChI=1S/C43H52N10O8/c44-43(45)46-18-6-12-31-37(56)51-34(21-26-14-16-28(55)17-15-26)42(61)53-19-7-13-36(53)41(60)50-32(20-25-8-2-1-3-9-25)38(57)52-35(24-54)40(59)49-33(39(58)48-31)22-27-23-47-30-11-5-4-10-29(27)30/h1-5,8-11,14-17,23,31-36,47,54-55H,6-7,12-13,18-22,24H2,(H,48,58)(H,49,59)(H,50,60)(H,51,56)(H,52,57)(H4,44,45,46)/t31-,32-,33-,34-,35-,36+/m0/s1. The highest BCUT2D eigenvalue weighted by atomic mass is 16.3. The highest BCUT2D eigenvalue weighted by molar-refractivity contribution is 5.99. The molecule has 2 fully saturated rings. The van der Waals surface area contributed by atoms with E-state index >= 15 is 0 Å². The molecule has 0 aliphatic carbocycles. The zero-order chi connectivity index (χ0) is 43.5. The highest BCUT2D eigenvalue weighted by Gasteiger charge is 2.40. The number of amides is 6. The minimum atomic E-state index is -1.55. The summed E-state index contributed by atoms with van der Waals surface area (Å²) in [7, 11) is 0. The van der Waals surface area contributed by atoms with Crippen LogP contribution in [0.4, 0.5) is 0 Å². The van der Waals surface area contributed by atoms with Crippen LogP contribution in [0.3, 0.4) is 0 Å². The fourth-order valence-electron chi connectivity index (χ4n) is 7.68. The second-order valence-corrected chi connectivity index (χ2v) is 15.3. The van der Waals surface area contributed by atoms with Gasteiger partial charge in [-0.1, -0.05) is 60.7 Å². The number of aromatic amines is 1. The van der Waals surface area contributed by atoms with Gasteiger partial charge in [-0.2, -0.15) is 0 Å². The van der Waals surface area contributed by atoms with Gasteiger partial charge in [-0.15, -0.1) is 0 Å². The Morgan fingerprint density at radius 2 is 1.25 bits per heavy atom. The average Bonchev–Trinajstić information content (AvgIpc) is 3.91. The minimum absolute atomic E-state index is 0.00247. The van der Waals surface area contributed by atoms with Gasteiger partial charge in [0.25, 0.3) is 0 Å². The van der Waals surface area contributed by atoms with Crippen molar-refractivity contribution in [1.82, 2.24) is 36.5 Å². The molecule has 0 radical (unpaired) electrons. The van der Waals surface area contributed by atoms with Gasteiger partial charge in [-0.3, -0.25) is 33.8 Å². The maximum atomic E-state index is 14.6. The number of aliphatic imine (C=N–C) groups is 1.